The Balaban J connectivity index is 2.00. The third-order valence-corrected chi connectivity index (χ3v) is 6.21. The van der Waals surface area contributed by atoms with Gasteiger partial charge in [-0.15, -0.1) is 0 Å². The van der Waals surface area contributed by atoms with Crippen molar-refractivity contribution in [1.29, 1.82) is 0 Å². The summed E-state index contributed by atoms with van der Waals surface area (Å²) in [6.45, 7) is 1.06. The maximum absolute atomic E-state index is 12.5. The number of sulfonamides is 1. The Morgan fingerprint density at radius 3 is 2.27 bits per heavy atom. The first-order valence-electron chi connectivity index (χ1n) is 8.42. The van der Waals surface area contributed by atoms with Gasteiger partial charge in [-0.2, -0.15) is 0 Å². The standard InChI is InChI=1S/C17H26N4O4S/c1-19(2)17(23)21-10-8-13(9-11-21)16(22)18-14-6-5-7-15(12-14)26(24,25)20(3)4/h5-7,12-13H,8-11H2,1-4H3,(H,18,22). The van der Waals surface area contributed by atoms with Crippen molar-refractivity contribution in [1.82, 2.24) is 14.1 Å². The zero-order valence-corrected chi connectivity index (χ0v) is 16.4. The molecule has 1 aromatic carbocycles. The van der Waals surface area contributed by atoms with E-state index < -0.39 is 10.0 Å². The van der Waals surface area contributed by atoms with Gasteiger partial charge in [0.05, 0.1) is 4.90 Å². The molecule has 0 aromatic heterocycles. The Morgan fingerprint density at radius 1 is 1.12 bits per heavy atom. The predicted octanol–water partition coefficient (Wildman–Crippen LogP) is 1.27. The summed E-state index contributed by atoms with van der Waals surface area (Å²) >= 11 is 0. The molecule has 2 rings (SSSR count). The second-order valence-corrected chi connectivity index (χ2v) is 8.89. The second-order valence-electron chi connectivity index (χ2n) is 6.74. The molecule has 0 aliphatic carbocycles. The van der Waals surface area contributed by atoms with Crippen molar-refractivity contribution in [2.75, 3.05) is 46.6 Å². The molecule has 1 aromatic rings. The molecular weight excluding hydrogens is 356 g/mol. The summed E-state index contributed by atoms with van der Waals surface area (Å²) < 4.78 is 25.5. The van der Waals surface area contributed by atoms with Gasteiger partial charge in [0, 0.05) is 52.9 Å². The number of hydrogen-bond acceptors (Lipinski definition) is 4. The van der Waals surface area contributed by atoms with Crippen LogP contribution in [0.3, 0.4) is 0 Å². The van der Waals surface area contributed by atoms with Crippen LogP contribution >= 0.6 is 0 Å². The van der Waals surface area contributed by atoms with Crippen molar-refractivity contribution < 1.29 is 18.0 Å². The van der Waals surface area contributed by atoms with E-state index in [1.165, 1.54) is 31.1 Å². The van der Waals surface area contributed by atoms with Gasteiger partial charge >= 0.3 is 6.03 Å². The number of likely N-dealkylation sites (tertiary alicyclic amines) is 1. The zero-order valence-electron chi connectivity index (χ0n) is 15.6. The smallest absolute Gasteiger partial charge is 0.319 e. The number of nitrogens with zero attached hydrogens (tertiary/aromatic N) is 3. The SMILES string of the molecule is CN(C)C(=O)N1CCC(C(=O)Nc2cccc(S(=O)(=O)N(C)C)c2)CC1. The normalized spacial score (nSPS) is 15.8. The molecule has 8 nitrogen and oxygen atoms in total. The minimum absolute atomic E-state index is 0.0505. The number of anilines is 1. The lowest BCUT2D eigenvalue weighted by Gasteiger charge is -2.33. The quantitative estimate of drug-likeness (QED) is 0.849. The zero-order chi connectivity index (χ0) is 19.5. The highest BCUT2D eigenvalue weighted by Gasteiger charge is 2.28. The molecule has 0 atom stereocenters. The summed E-state index contributed by atoms with van der Waals surface area (Å²) in [5.74, 6) is -0.350. The number of amides is 3. The van der Waals surface area contributed by atoms with Crippen molar-refractivity contribution >= 4 is 27.6 Å². The summed E-state index contributed by atoms with van der Waals surface area (Å²) in [6.07, 6.45) is 1.17. The molecule has 0 saturated carbocycles. The molecular formula is C17H26N4O4S. The lowest BCUT2D eigenvalue weighted by molar-refractivity contribution is -0.121. The summed E-state index contributed by atoms with van der Waals surface area (Å²) in [5, 5.41) is 2.79. The highest BCUT2D eigenvalue weighted by Crippen LogP contribution is 2.22. The molecule has 9 heteroatoms. The Labute approximate surface area is 154 Å². The number of hydrogen-bond donors (Lipinski definition) is 1. The Hall–Kier alpha value is -2.13. The highest BCUT2D eigenvalue weighted by atomic mass is 32.2. The van der Waals surface area contributed by atoms with Crippen LogP contribution in [0.1, 0.15) is 12.8 Å². The van der Waals surface area contributed by atoms with Crippen molar-refractivity contribution in [2.45, 2.75) is 17.7 Å². The van der Waals surface area contributed by atoms with Crippen LogP contribution in [-0.2, 0) is 14.8 Å². The number of rotatable bonds is 4. The fourth-order valence-electron chi connectivity index (χ4n) is 2.81. The van der Waals surface area contributed by atoms with E-state index in [4.69, 9.17) is 0 Å². The van der Waals surface area contributed by atoms with Gasteiger partial charge in [-0.3, -0.25) is 4.79 Å². The summed E-state index contributed by atoms with van der Waals surface area (Å²) in [5.41, 5.74) is 0.449. The summed E-state index contributed by atoms with van der Waals surface area (Å²) in [6, 6.07) is 6.17. The monoisotopic (exact) mass is 382 g/mol. The maximum Gasteiger partial charge on any atom is 0.319 e. The van der Waals surface area contributed by atoms with Gasteiger partial charge in [0.1, 0.15) is 0 Å². The van der Waals surface area contributed by atoms with Crippen LogP contribution in [0.2, 0.25) is 0 Å². The molecule has 1 heterocycles. The lowest BCUT2D eigenvalue weighted by Crippen LogP contribution is -2.45. The third kappa shape index (κ3) is 4.53. The first kappa shape index (κ1) is 20.2. The minimum Gasteiger partial charge on any atom is -0.331 e. The van der Waals surface area contributed by atoms with Gasteiger partial charge in [-0.1, -0.05) is 6.07 Å². The minimum atomic E-state index is -3.55. The van der Waals surface area contributed by atoms with Crippen LogP contribution in [0.4, 0.5) is 10.5 Å². The maximum atomic E-state index is 12.5. The number of piperidine rings is 1. The molecule has 0 spiro atoms. The van der Waals surface area contributed by atoms with E-state index in [2.05, 4.69) is 5.32 Å². The van der Waals surface area contributed by atoms with E-state index in [-0.39, 0.29) is 22.8 Å². The van der Waals surface area contributed by atoms with Crippen molar-refractivity contribution in [2.24, 2.45) is 5.92 Å². The fraction of sp³-hybridized carbons (Fsp3) is 0.529. The first-order valence-corrected chi connectivity index (χ1v) is 9.86. The van der Waals surface area contributed by atoms with Crippen molar-refractivity contribution in [3.05, 3.63) is 24.3 Å². The average Bonchev–Trinajstić information content (AvgIpc) is 2.61. The van der Waals surface area contributed by atoms with E-state index >= 15 is 0 Å². The van der Waals surface area contributed by atoms with Crippen LogP contribution in [0.25, 0.3) is 0 Å². The van der Waals surface area contributed by atoms with Gasteiger partial charge in [0.25, 0.3) is 0 Å². The molecule has 1 fully saturated rings. The topological polar surface area (TPSA) is 90.0 Å². The van der Waals surface area contributed by atoms with E-state index in [0.29, 0.717) is 31.6 Å². The number of urea groups is 1. The molecule has 0 unspecified atom stereocenters. The molecule has 1 aliphatic rings. The highest BCUT2D eigenvalue weighted by molar-refractivity contribution is 7.89. The number of carbonyl (C=O) groups is 2. The summed E-state index contributed by atoms with van der Waals surface area (Å²) in [7, 11) is 2.78. The molecule has 144 valence electrons. The Bertz CT molecular complexity index is 769. The molecule has 0 radical (unpaired) electrons. The first-order chi connectivity index (χ1) is 12.1. The Kier molecular flexibility index (Phi) is 6.25. The van der Waals surface area contributed by atoms with Crippen LogP contribution < -0.4 is 5.32 Å². The van der Waals surface area contributed by atoms with Gasteiger partial charge in [-0.25, -0.2) is 17.5 Å². The van der Waals surface area contributed by atoms with Crippen LogP contribution in [0.15, 0.2) is 29.2 Å². The average molecular weight is 382 g/mol. The van der Waals surface area contributed by atoms with Crippen molar-refractivity contribution in [3.63, 3.8) is 0 Å². The molecule has 1 saturated heterocycles. The fourth-order valence-corrected chi connectivity index (χ4v) is 3.75. The molecule has 26 heavy (non-hydrogen) atoms. The van der Waals surface area contributed by atoms with Crippen LogP contribution in [0.5, 0.6) is 0 Å². The molecule has 0 bridgehead atoms. The lowest BCUT2D eigenvalue weighted by atomic mass is 9.96. The van der Waals surface area contributed by atoms with Crippen LogP contribution in [0, 0.1) is 5.92 Å². The van der Waals surface area contributed by atoms with Gasteiger partial charge in [0.15, 0.2) is 0 Å². The number of carbonyl (C=O) groups excluding carboxylic acids is 2. The van der Waals surface area contributed by atoms with Gasteiger partial charge in [0.2, 0.25) is 15.9 Å². The van der Waals surface area contributed by atoms with Gasteiger partial charge < -0.3 is 15.1 Å². The van der Waals surface area contributed by atoms with Crippen molar-refractivity contribution in [3.8, 4) is 0 Å². The van der Waals surface area contributed by atoms with Crippen LogP contribution in [-0.4, -0.2) is 75.7 Å². The van der Waals surface area contributed by atoms with E-state index in [1.807, 2.05) is 0 Å². The summed E-state index contributed by atoms with van der Waals surface area (Å²) in [4.78, 5) is 27.8. The number of benzene rings is 1. The van der Waals surface area contributed by atoms with E-state index in [1.54, 1.807) is 31.1 Å². The van der Waals surface area contributed by atoms with Gasteiger partial charge in [-0.05, 0) is 31.0 Å². The molecule has 1 N–H and O–H groups in total. The largest absolute Gasteiger partial charge is 0.331 e. The molecule has 1 aliphatic heterocycles. The third-order valence-electron chi connectivity index (χ3n) is 4.40. The second kappa shape index (κ2) is 8.05. The van der Waals surface area contributed by atoms with E-state index in [0.717, 1.165) is 4.31 Å². The molecule has 3 amide bonds. The number of nitrogens with one attached hydrogen (secondary N) is 1. The predicted molar refractivity (Wildman–Crippen MR) is 99.3 cm³/mol. The Morgan fingerprint density at radius 2 is 1.73 bits per heavy atom. The van der Waals surface area contributed by atoms with E-state index in [9.17, 15) is 18.0 Å².